The van der Waals surface area contributed by atoms with Crippen LogP contribution in [0.1, 0.15) is 5.69 Å². The second-order valence-electron chi connectivity index (χ2n) is 10.0. The summed E-state index contributed by atoms with van der Waals surface area (Å²) < 4.78 is 6.28. The molecule has 3 heterocycles. The summed E-state index contributed by atoms with van der Waals surface area (Å²) in [7, 11) is -3.61. The average Bonchev–Trinajstić information content (AvgIpc) is 3.17. The first-order chi connectivity index (χ1) is 16.3. The fourth-order valence-electron chi connectivity index (χ4n) is 3.23. The Morgan fingerprint density at radius 3 is 2.66 bits per heavy atom. The van der Waals surface area contributed by atoms with Crippen LogP contribution in [0.5, 0.6) is 0 Å². The summed E-state index contributed by atoms with van der Waals surface area (Å²) in [6, 6.07) is -0.738. The molecule has 0 bridgehead atoms. The molecule has 15 heteroatoms. The first kappa shape index (κ1) is 28.1. The molecule has 192 valence electrons. The fourth-order valence-corrected chi connectivity index (χ4v) is 8.62. The molecule has 10 nitrogen and oxygen atoms in total. The van der Waals surface area contributed by atoms with E-state index >= 15 is 0 Å². The SMILES string of the molecule is C[Si](C)(C)Nc1nc(CO/N=C/C(=O)NC2C(=O)N3C(C(=O)O[Si](C)(C)C)=C(CI)CSC23)cs1. The lowest BCUT2D eigenvalue weighted by Crippen LogP contribution is -2.70. The van der Waals surface area contributed by atoms with Crippen molar-refractivity contribution in [1.29, 1.82) is 0 Å². The number of anilines is 1. The van der Waals surface area contributed by atoms with E-state index in [0.29, 0.717) is 21.6 Å². The molecule has 2 amide bonds. The van der Waals surface area contributed by atoms with Crippen LogP contribution in [0, 0.1) is 0 Å². The molecular formula is C20H30IN5O5S2Si2. The normalized spacial score (nSPS) is 20.4. The number of aromatic nitrogens is 1. The highest BCUT2D eigenvalue weighted by Gasteiger charge is 2.54. The number of halogens is 1. The van der Waals surface area contributed by atoms with Gasteiger partial charge in [0.05, 0.1) is 5.69 Å². The van der Waals surface area contributed by atoms with Gasteiger partial charge in [0.15, 0.2) is 11.7 Å². The van der Waals surface area contributed by atoms with Gasteiger partial charge in [0.1, 0.15) is 31.6 Å². The van der Waals surface area contributed by atoms with E-state index in [9.17, 15) is 14.4 Å². The molecule has 35 heavy (non-hydrogen) atoms. The third kappa shape index (κ3) is 7.53. The van der Waals surface area contributed by atoms with Crippen LogP contribution in [0.15, 0.2) is 21.8 Å². The van der Waals surface area contributed by atoms with Gasteiger partial charge >= 0.3 is 5.97 Å². The zero-order valence-corrected chi connectivity index (χ0v) is 26.3. The van der Waals surface area contributed by atoms with Crippen molar-refractivity contribution in [2.45, 2.75) is 57.3 Å². The second kappa shape index (κ2) is 11.3. The molecule has 0 aliphatic carbocycles. The molecule has 2 N–H and O–H groups in total. The Morgan fingerprint density at radius 2 is 2.03 bits per heavy atom. The van der Waals surface area contributed by atoms with Gasteiger partial charge in [-0.05, 0) is 25.2 Å². The van der Waals surface area contributed by atoms with Gasteiger partial charge in [-0.1, -0.05) is 47.4 Å². The predicted molar refractivity (Wildman–Crippen MR) is 153 cm³/mol. The van der Waals surface area contributed by atoms with E-state index in [4.69, 9.17) is 9.26 Å². The quantitative estimate of drug-likeness (QED) is 0.0974. The van der Waals surface area contributed by atoms with Crippen molar-refractivity contribution in [2.24, 2.45) is 5.16 Å². The molecule has 0 radical (unpaired) electrons. The Hall–Kier alpha value is -1.44. The number of nitrogens with zero attached hydrogens (tertiary/aromatic N) is 3. The Morgan fingerprint density at radius 1 is 1.31 bits per heavy atom. The summed E-state index contributed by atoms with van der Waals surface area (Å²) in [6.07, 6.45) is 1.00. The van der Waals surface area contributed by atoms with Crippen molar-refractivity contribution in [2.75, 3.05) is 15.2 Å². The zero-order valence-electron chi connectivity index (χ0n) is 20.5. The minimum absolute atomic E-state index is 0.134. The van der Waals surface area contributed by atoms with Crippen molar-refractivity contribution in [3.63, 3.8) is 0 Å². The third-order valence-corrected chi connectivity index (χ3v) is 9.62. The number of rotatable bonds is 10. The maximum absolute atomic E-state index is 12.9. The number of thiazole rings is 1. The highest BCUT2D eigenvalue weighted by Crippen LogP contribution is 2.41. The fraction of sp³-hybridized carbons (Fsp3) is 0.550. The molecule has 2 aliphatic heterocycles. The molecule has 2 unspecified atom stereocenters. The summed E-state index contributed by atoms with van der Waals surface area (Å²) in [5, 5.41) is 8.73. The zero-order chi connectivity index (χ0) is 26.0. The number of hydrogen-bond acceptors (Lipinski definition) is 10. The highest BCUT2D eigenvalue weighted by atomic mass is 127. The lowest BCUT2D eigenvalue weighted by atomic mass is 10.0. The number of oxime groups is 1. The minimum Gasteiger partial charge on any atom is -0.515 e. The van der Waals surface area contributed by atoms with Crippen molar-refractivity contribution < 1.29 is 23.6 Å². The molecule has 0 spiro atoms. The summed E-state index contributed by atoms with van der Waals surface area (Å²) in [5.41, 5.74) is 1.91. The second-order valence-corrected chi connectivity index (χ2v) is 21.9. The number of β-lactam (4-membered cyclic amide) rings is 1. The lowest BCUT2D eigenvalue weighted by Gasteiger charge is -2.49. The van der Waals surface area contributed by atoms with Crippen molar-refractivity contribution in [1.82, 2.24) is 15.2 Å². The topological polar surface area (TPSA) is 122 Å². The maximum atomic E-state index is 12.9. The molecular weight excluding hydrogens is 637 g/mol. The summed E-state index contributed by atoms with van der Waals surface area (Å²) in [6.45, 7) is 12.4. The molecule has 2 aliphatic rings. The number of carbonyl (C=O) groups is 3. The van der Waals surface area contributed by atoms with Crippen LogP contribution < -0.4 is 10.3 Å². The molecule has 0 saturated carbocycles. The number of alkyl halides is 1. The average molecular weight is 668 g/mol. The molecule has 0 aromatic carbocycles. The van der Waals surface area contributed by atoms with Gasteiger partial charge in [-0.3, -0.25) is 14.5 Å². The van der Waals surface area contributed by atoms with E-state index in [1.54, 1.807) is 0 Å². The van der Waals surface area contributed by atoms with Crippen LogP contribution in [0.25, 0.3) is 0 Å². The monoisotopic (exact) mass is 667 g/mol. The van der Waals surface area contributed by atoms with E-state index in [1.165, 1.54) is 28.0 Å². The van der Waals surface area contributed by atoms with E-state index in [0.717, 1.165) is 16.9 Å². The summed E-state index contributed by atoms with van der Waals surface area (Å²) in [5.74, 6) is -0.740. The summed E-state index contributed by atoms with van der Waals surface area (Å²) >= 11 is 5.20. The Labute approximate surface area is 229 Å². The molecule has 3 rings (SSSR count). The minimum atomic E-state index is -2.13. The lowest BCUT2D eigenvalue weighted by molar-refractivity contribution is -0.149. The smallest absolute Gasteiger partial charge is 0.341 e. The number of nitrogens with one attached hydrogen (secondary N) is 2. The number of carbonyl (C=O) groups excluding carboxylic acids is 3. The third-order valence-electron chi connectivity index (χ3n) is 4.59. The van der Waals surface area contributed by atoms with Crippen LogP contribution >= 0.6 is 45.7 Å². The van der Waals surface area contributed by atoms with Crippen LogP contribution in [-0.4, -0.2) is 72.0 Å². The Balaban J connectivity index is 1.53. The van der Waals surface area contributed by atoms with Crippen LogP contribution in [-0.2, 0) is 30.3 Å². The van der Waals surface area contributed by atoms with Gasteiger partial charge in [0.25, 0.3) is 11.8 Å². The van der Waals surface area contributed by atoms with Crippen LogP contribution in [0.4, 0.5) is 5.13 Å². The van der Waals surface area contributed by atoms with Gasteiger partial charge in [-0.15, -0.1) is 23.1 Å². The summed E-state index contributed by atoms with van der Waals surface area (Å²) in [4.78, 5) is 52.5. The molecule has 1 fully saturated rings. The van der Waals surface area contributed by atoms with Crippen molar-refractivity contribution in [3.8, 4) is 0 Å². The largest absolute Gasteiger partial charge is 0.515 e. The standard InChI is InChI=1S/C20H30IN5O5S2Si2/c1-34(2,3)25-20-23-13(11-33-20)9-30-22-8-14(27)24-15-17(28)26-16(19(29)31-35(4,5)6)12(7-21)10-32-18(15)26/h8,11,15,18H,7,9-10H2,1-6H3,(H,23,25)(H,24,27)/b22-8+. The number of hydrogen-bond donors (Lipinski definition) is 2. The van der Waals surface area contributed by atoms with Crippen LogP contribution in [0.3, 0.4) is 0 Å². The molecule has 2 atom stereocenters. The Kier molecular flexibility index (Phi) is 9.09. The predicted octanol–water partition coefficient (Wildman–Crippen LogP) is 3.36. The first-order valence-corrected chi connectivity index (χ1v) is 21.3. The van der Waals surface area contributed by atoms with E-state index < -0.39 is 34.5 Å². The van der Waals surface area contributed by atoms with Gasteiger partial charge in [0.2, 0.25) is 8.32 Å². The van der Waals surface area contributed by atoms with Gasteiger partial charge in [0, 0.05) is 15.6 Å². The first-order valence-electron chi connectivity index (χ1n) is 10.9. The van der Waals surface area contributed by atoms with Crippen molar-refractivity contribution >= 4 is 91.4 Å². The highest BCUT2D eigenvalue weighted by molar-refractivity contribution is 14.1. The molecule has 1 aromatic heterocycles. The molecule has 1 aromatic rings. The number of amides is 2. The Bertz CT molecular complexity index is 1050. The van der Waals surface area contributed by atoms with E-state index in [-0.39, 0.29) is 17.9 Å². The van der Waals surface area contributed by atoms with Crippen molar-refractivity contribution in [3.05, 3.63) is 22.3 Å². The number of thioether (sulfide) groups is 1. The van der Waals surface area contributed by atoms with Gasteiger partial charge in [-0.25, -0.2) is 9.78 Å². The van der Waals surface area contributed by atoms with Gasteiger partial charge in [-0.2, -0.15) is 0 Å². The van der Waals surface area contributed by atoms with E-state index in [1.807, 2.05) is 25.0 Å². The number of fused-ring (bicyclic) bond motifs is 1. The van der Waals surface area contributed by atoms with Gasteiger partial charge < -0.3 is 19.6 Å². The van der Waals surface area contributed by atoms with Crippen LogP contribution in [0.2, 0.25) is 39.3 Å². The van der Waals surface area contributed by atoms with E-state index in [2.05, 4.69) is 62.7 Å². The molecule has 1 saturated heterocycles. The maximum Gasteiger partial charge on any atom is 0.341 e.